The Kier molecular flexibility index (Phi) is 6.32. The molecule has 4 rings (SSSR count). The van der Waals surface area contributed by atoms with Crippen LogP contribution >= 0.6 is 0 Å². The molecule has 1 fully saturated rings. The summed E-state index contributed by atoms with van der Waals surface area (Å²) in [4.78, 5) is 16.1. The molecule has 2 aromatic rings. The van der Waals surface area contributed by atoms with Gasteiger partial charge in [-0.2, -0.15) is 0 Å². The maximum Gasteiger partial charge on any atom is 0.226 e. The van der Waals surface area contributed by atoms with Gasteiger partial charge in [0.05, 0.1) is 13.2 Å². The molecule has 6 nitrogen and oxygen atoms in total. The van der Waals surface area contributed by atoms with Crippen molar-refractivity contribution in [1.82, 2.24) is 4.90 Å². The average molecular weight is 425 g/mol. The van der Waals surface area contributed by atoms with Crippen molar-refractivity contribution in [3.63, 3.8) is 0 Å². The first-order valence-corrected chi connectivity index (χ1v) is 11.1. The second kappa shape index (κ2) is 8.99. The molecule has 2 aromatic carbocycles. The minimum atomic E-state index is -0.997. The number of amides is 1. The van der Waals surface area contributed by atoms with Gasteiger partial charge in [-0.1, -0.05) is 37.3 Å². The number of hydrogen-bond donors (Lipinski definition) is 2. The van der Waals surface area contributed by atoms with Gasteiger partial charge in [0.15, 0.2) is 0 Å². The highest BCUT2D eigenvalue weighted by Gasteiger charge is 2.37. The normalized spacial score (nSPS) is 22.3. The van der Waals surface area contributed by atoms with Gasteiger partial charge in [-0.25, -0.2) is 0 Å². The number of carbonyl (C=O) groups excluding carboxylic acids is 1. The van der Waals surface area contributed by atoms with Crippen molar-refractivity contribution in [3.05, 3.63) is 59.2 Å². The third kappa shape index (κ3) is 4.33. The molecular weight excluding hydrogens is 392 g/mol. The predicted molar refractivity (Wildman–Crippen MR) is 120 cm³/mol. The fraction of sp³-hybridized carbons (Fsp3) is 0.480. The number of aliphatic hydroxyl groups excluding tert-OH is 1. The van der Waals surface area contributed by atoms with Gasteiger partial charge in [0, 0.05) is 37.3 Å². The predicted octanol–water partition coefficient (Wildman–Crippen LogP) is 3.01. The molecule has 2 heterocycles. The quantitative estimate of drug-likeness (QED) is 0.746. The lowest BCUT2D eigenvalue weighted by molar-refractivity contribution is -0.118. The highest BCUT2D eigenvalue weighted by molar-refractivity contribution is 5.95. The van der Waals surface area contributed by atoms with E-state index in [-0.39, 0.29) is 5.91 Å². The summed E-state index contributed by atoms with van der Waals surface area (Å²) >= 11 is 0. The minimum absolute atomic E-state index is 0.135. The third-order valence-electron chi connectivity index (χ3n) is 6.58. The van der Waals surface area contributed by atoms with Crippen LogP contribution in [0.3, 0.4) is 0 Å². The summed E-state index contributed by atoms with van der Waals surface area (Å²) in [6, 6.07) is 13.5. The van der Waals surface area contributed by atoms with Gasteiger partial charge in [-0.15, -0.1) is 0 Å². The summed E-state index contributed by atoms with van der Waals surface area (Å²) in [5, 5.41) is 22.3. The number of para-hydroxylation sites is 1. The largest absolute Gasteiger partial charge is 0.496 e. The van der Waals surface area contributed by atoms with E-state index in [0.717, 1.165) is 41.8 Å². The number of methoxy groups -OCH3 is 1. The summed E-state index contributed by atoms with van der Waals surface area (Å²) in [5.74, 6) is 0.827. The Morgan fingerprint density at radius 2 is 2.03 bits per heavy atom. The first-order valence-electron chi connectivity index (χ1n) is 11.1. The number of likely N-dealkylation sites (tertiary alicyclic amines) is 1. The van der Waals surface area contributed by atoms with E-state index in [1.54, 1.807) is 7.11 Å². The lowest BCUT2D eigenvalue weighted by atomic mass is 9.85. The minimum Gasteiger partial charge on any atom is -0.496 e. The van der Waals surface area contributed by atoms with Crippen LogP contribution in [0.15, 0.2) is 42.5 Å². The lowest BCUT2D eigenvalue weighted by Crippen LogP contribution is -2.47. The summed E-state index contributed by atoms with van der Waals surface area (Å²) in [7, 11) is 1.62. The van der Waals surface area contributed by atoms with Gasteiger partial charge in [0.1, 0.15) is 11.4 Å². The number of fused-ring (bicyclic) bond motifs is 1. The highest BCUT2D eigenvalue weighted by Crippen LogP contribution is 2.37. The fourth-order valence-corrected chi connectivity index (χ4v) is 4.96. The Bertz CT molecular complexity index is 947. The van der Waals surface area contributed by atoms with Crippen LogP contribution in [0.25, 0.3) is 0 Å². The molecular formula is C25H32N2O4. The van der Waals surface area contributed by atoms with Crippen molar-refractivity contribution in [1.29, 1.82) is 0 Å². The maximum absolute atomic E-state index is 12.1. The van der Waals surface area contributed by atoms with E-state index in [0.29, 0.717) is 38.2 Å². The molecule has 0 bridgehead atoms. The van der Waals surface area contributed by atoms with Gasteiger partial charge in [0.25, 0.3) is 0 Å². The molecule has 0 spiro atoms. The number of ether oxygens (including phenoxy) is 1. The van der Waals surface area contributed by atoms with Crippen LogP contribution in [-0.2, 0) is 16.8 Å². The lowest BCUT2D eigenvalue weighted by Gasteiger charge is -2.40. The van der Waals surface area contributed by atoms with E-state index in [1.807, 2.05) is 54.3 Å². The fourth-order valence-electron chi connectivity index (χ4n) is 4.96. The number of hydrogen-bond acceptors (Lipinski definition) is 5. The number of benzene rings is 2. The molecule has 2 atom stereocenters. The van der Waals surface area contributed by atoms with Crippen LogP contribution in [0, 0.1) is 0 Å². The Morgan fingerprint density at radius 1 is 1.23 bits per heavy atom. The average Bonchev–Trinajstić information content (AvgIpc) is 3.22. The van der Waals surface area contributed by atoms with Crippen LogP contribution in [0.4, 0.5) is 5.69 Å². The summed E-state index contributed by atoms with van der Waals surface area (Å²) in [6.45, 7) is 4.32. The molecule has 2 aliphatic rings. The molecule has 1 saturated heterocycles. The number of rotatable bonds is 6. The Labute approximate surface area is 184 Å². The molecule has 2 aliphatic heterocycles. The van der Waals surface area contributed by atoms with Crippen LogP contribution in [0.2, 0.25) is 0 Å². The first-order chi connectivity index (χ1) is 14.9. The van der Waals surface area contributed by atoms with E-state index >= 15 is 0 Å². The van der Waals surface area contributed by atoms with Crippen molar-refractivity contribution >= 4 is 11.6 Å². The maximum atomic E-state index is 12.1. The number of carbonyl (C=O) groups is 1. The second-order valence-corrected chi connectivity index (χ2v) is 8.62. The Hall–Kier alpha value is -2.41. The van der Waals surface area contributed by atoms with Gasteiger partial charge >= 0.3 is 0 Å². The van der Waals surface area contributed by atoms with Crippen molar-refractivity contribution in [2.75, 3.05) is 38.2 Å². The molecule has 0 aliphatic carbocycles. The van der Waals surface area contributed by atoms with E-state index in [1.165, 1.54) is 0 Å². The summed E-state index contributed by atoms with van der Waals surface area (Å²) < 4.78 is 5.47. The first kappa shape index (κ1) is 21.8. The molecule has 6 heteroatoms. The molecule has 31 heavy (non-hydrogen) atoms. The van der Waals surface area contributed by atoms with Gasteiger partial charge in [-0.3, -0.25) is 9.69 Å². The van der Waals surface area contributed by atoms with E-state index < -0.39 is 11.7 Å². The van der Waals surface area contributed by atoms with E-state index in [2.05, 4.69) is 4.90 Å². The van der Waals surface area contributed by atoms with Gasteiger partial charge < -0.3 is 19.8 Å². The van der Waals surface area contributed by atoms with Crippen molar-refractivity contribution in [3.8, 4) is 5.75 Å². The zero-order valence-corrected chi connectivity index (χ0v) is 18.4. The van der Waals surface area contributed by atoms with Crippen molar-refractivity contribution in [2.45, 2.75) is 44.3 Å². The third-order valence-corrected chi connectivity index (χ3v) is 6.58. The smallest absolute Gasteiger partial charge is 0.226 e. The van der Waals surface area contributed by atoms with Crippen LogP contribution < -0.4 is 9.64 Å². The number of β-amino-alcohol motifs (C(OH)–C–C–N with tert-alkyl or cyclic N) is 2. The topological polar surface area (TPSA) is 73.2 Å². The van der Waals surface area contributed by atoms with Crippen molar-refractivity contribution < 1.29 is 19.7 Å². The van der Waals surface area contributed by atoms with Gasteiger partial charge in [0.2, 0.25) is 5.91 Å². The zero-order chi connectivity index (χ0) is 22.0. The monoisotopic (exact) mass is 424 g/mol. The van der Waals surface area contributed by atoms with E-state index in [4.69, 9.17) is 4.74 Å². The Balaban J connectivity index is 1.47. The standard InChI is InChI=1S/C25H32N2O4/c1-3-24(29)27-14-11-18-15-19(9-10-21(18)27)22(28)16-26-13-6-12-25(30,17-26)20-7-4-5-8-23(20)31-2/h4-5,7-10,15,22,28,30H,3,6,11-14,16-17H2,1-2H3/t22-,25-/m0/s1. The Morgan fingerprint density at radius 3 is 2.81 bits per heavy atom. The van der Waals surface area contributed by atoms with Gasteiger partial charge in [-0.05, 0) is 49.1 Å². The summed E-state index contributed by atoms with van der Waals surface area (Å²) in [6.07, 6.45) is 2.17. The highest BCUT2D eigenvalue weighted by atomic mass is 16.5. The SMILES string of the molecule is CCC(=O)N1CCc2cc([C@@H](O)CN3CCC[C@@](O)(c4ccccc4OC)C3)ccc21. The van der Waals surface area contributed by atoms with Crippen LogP contribution in [0.1, 0.15) is 49.0 Å². The number of aliphatic hydroxyl groups is 2. The molecule has 0 aromatic heterocycles. The van der Waals surface area contributed by atoms with Crippen LogP contribution in [-0.4, -0.2) is 54.3 Å². The molecule has 2 N–H and O–H groups in total. The molecule has 0 radical (unpaired) electrons. The van der Waals surface area contributed by atoms with Crippen molar-refractivity contribution in [2.24, 2.45) is 0 Å². The molecule has 0 unspecified atom stereocenters. The molecule has 0 saturated carbocycles. The molecule has 166 valence electrons. The van der Waals surface area contributed by atoms with E-state index in [9.17, 15) is 15.0 Å². The number of nitrogens with zero attached hydrogens (tertiary/aromatic N) is 2. The molecule has 1 amide bonds. The summed E-state index contributed by atoms with van der Waals surface area (Å²) in [5.41, 5.74) is 2.74. The second-order valence-electron chi connectivity index (χ2n) is 8.62. The zero-order valence-electron chi connectivity index (χ0n) is 18.4. The number of piperidine rings is 1. The number of anilines is 1. The van der Waals surface area contributed by atoms with Crippen LogP contribution in [0.5, 0.6) is 5.75 Å².